The van der Waals surface area contributed by atoms with Crippen molar-refractivity contribution >= 4 is 29.2 Å². The summed E-state index contributed by atoms with van der Waals surface area (Å²) in [5, 5.41) is 36.9. The summed E-state index contributed by atoms with van der Waals surface area (Å²) in [4.78, 5) is 32.4. The molecule has 0 unspecified atom stereocenters. The molecule has 26 heavy (non-hydrogen) atoms. The fourth-order valence-corrected chi connectivity index (χ4v) is 1.94. The summed E-state index contributed by atoms with van der Waals surface area (Å²) < 4.78 is 0. The molecule has 132 valence electrons. The molecule has 2 aromatic carbocycles. The van der Waals surface area contributed by atoms with Gasteiger partial charge >= 0.3 is 0 Å². The number of hydrogen-bond acceptors (Lipinski definition) is 8. The number of nitro benzene ring substituents is 2. The number of nitrogens with zero attached hydrogens (tertiary/aromatic N) is 4. The molecule has 2 N–H and O–H groups in total. The van der Waals surface area contributed by atoms with Crippen molar-refractivity contribution in [2.75, 3.05) is 0 Å². The van der Waals surface area contributed by atoms with Crippen LogP contribution in [0, 0.1) is 20.2 Å². The summed E-state index contributed by atoms with van der Waals surface area (Å²) in [6, 6.07) is 10.3. The molecule has 0 fully saturated rings. The van der Waals surface area contributed by atoms with Crippen LogP contribution in [0.4, 0.5) is 11.4 Å². The van der Waals surface area contributed by atoms with Gasteiger partial charge in [0.1, 0.15) is 5.71 Å². The number of carbonyl (C=O) groups is 1. The zero-order chi connectivity index (χ0) is 19.1. The molecular formula is C15H11N5O6. The Bertz CT molecular complexity index is 924. The van der Waals surface area contributed by atoms with Crippen LogP contribution in [0.25, 0.3) is 0 Å². The number of hydrogen-bond donors (Lipinski definition) is 2. The van der Waals surface area contributed by atoms with Crippen molar-refractivity contribution in [3.05, 3.63) is 79.9 Å². The van der Waals surface area contributed by atoms with Gasteiger partial charge in [0.05, 0.1) is 16.1 Å². The Labute approximate surface area is 145 Å². The monoisotopic (exact) mass is 357 g/mol. The van der Waals surface area contributed by atoms with Gasteiger partial charge in [0.2, 0.25) is 0 Å². The van der Waals surface area contributed by atoms with Crippen LogP contribution >= 0.6 is 0 Å². The summed E-state index contributed by atoms with van der Waals surface area (Å²) in [5.74, 6) is -0.747. The first kappa shape index (κ1) is 18.2. The van der Waals surface area contributed by atoms with E-state index >= 15 is 0 Å². The fourth-order valence-electron chi connectivity index (χ4n) is 1.94. The Morgan fingerprint density at radius 2 is 1.54 bits per heavy atom. The normalized spacial score (nSPS) is 11.3. The van der Waals surface area contributed by atoms with Crippen LogP contribution in [0.15, 0.2) is 58.8 Å². The van der Waals surface area contributed by atoms with Crippen molar-refractivity contribution in [1.29, 1.82) is 0 Å². The average Bonchev–Trinajstić information content (AvgIpc) is 2.65. The van der Waals surface area contributed by atoms with E-state index in [9.17, 15) is 25.0 Å². The zero-order valence-electron chi connectivity index (χ0n) is 13.0. The third-order valence-corrected chi connectivity index (χ3v) is 3.13. The lowest BCUT2D eigenvalue weighted by atomic mass is 10.1. The summed E-state index contributed by atoms with van der Waals surface area (Å²) in [6.07, 6.45) is 0.882. The minimum absolute atomic E-state index is 0.0118. The second-order valence-corrected chi connectivity index (χ2v) is 4.80. The smallest absolute Gasteiger partial charge is 0.271 e. The molecule has 0 aliphatic carbocycles. The molecule has 0 atom stereocenters. The number of oxime groups is 1. The molecule has 0 bridgehead atoms. The Hall–Kier alpha value is -4.15. The molecule has 2 aromatic rings. The van der Waals surface area contributed by atoms with E-state index in [0.29, 0.717) is 0 Å². The lowest BCUT2D eigenvalue weighted by Crippen LogP contribution is -2.20. The lowest BCUT2D eigenvalue weighted by molar-refractivity contribution is -0.385. The summed E-state index contributed by atoms with van der Waals surface area (Å²) >= 11 is 0. The van der Waals surface area contributed by atoms with Gasteiger partial charge in [0.15, 0.2) is 0 Å². The topological polar surface area (TPSA) is 160 Å². The molecule has 1 amide bonds. The van der Waals surface area contributed by atoms with Crippen molar-refractivity contribution in [2.24, 2.45) is 10.3 Å². The van der Waals surface area contributed by atoms with Crippen LogP contribution < -0.4 is 5.43 Å². The molecule has 0 saturated heterocycles. The molecule has 0 saturated carbocycles. The van der Waals surface area contributed by atoms with E-state index in [1.54, 1.807) is 0 Å². The van der Waals surface area contributed by atoms with Gasteiger partial charge in [0.25, 0.3) is 17.3 Å². The van der Waals surface area contributed by atoms with Gasteiger partial charge in [-0.15, -0.1) is 0 Å². The highest BCUT2D eigenvalue weighted by Gasteiger charge is 2.13. The molecular weight excluding hydrogens is 346 g/mol. The largest absolute Gasteiger partial charge is 0.411 e. The molecule has 0 aromatic heterocycles. The SMILES string of the molecule is O=C(NN=C(C=NO)c1cccc([N+](=O)[O-])c1)c1cccc([N+](=O)[O-])c1. The molecule has 0 aliphatic rings. The first-order valence-electron chi connectivity index (χ1n) is 6.97. The predicted molar refractivity (Wildman–Crippen MR) is 90.5 cm³/mol. The number of rotatable bonds is 6. The van der Waals surface area contributed by atoms with Crippen molar-refractivity contribution in [2.45, 2.75) is 0 Å². The number of amides is 1. The summed E-state index contributed by atoms with van der Waals surface area (Å²) in [7, 11) is 0. The van der Waals surface area contributed by atoms with Crippen molar-refractivity contribution in [1.82, 2.24) is 5.43 Å². The molecule has 2 rings (SSSR count). The fraction of sp³-hybridized carbons (Fsp3) is 0. The van der Waals surface area contributed by atoms with E-state index < -0.39 is 15.8 Å². The molecule has 0 aliphatic heterocycles. The van der Waals surface area contributed by atoms with E-state index in [-0.39, 0.29) is 28.2 Å². The number of non-ortho nitro benzene ring substituents is 2. The lowest BCUT2D eigenvalue weighted by Gasteiger charge is -2.03. The molecule has 0 heterocycles. The van der Waals surface area contributed by atoms with E-state index in [2.05, 4.69) is 15.7 Å². The standard InChI is InChI=1S/C15H11N5O6/c21-15(11-4-2-6-13(8-11)20(25)26)18-17-14(9-16-22)10-3-1-5-12(7-10)19(23)24/h1-9,22H,(H,18,21). The molecule has 11 nitrogen and oxygen atoms in total. The maximum Gasteiger partial charge on any atom is 0.271 e. The van der Waals surface area contributed by atoms with Gasteiger partial charge in [-0.2, -0.15) is 5.10 Å². The summed E-state index contributed by atoms with van der Waals surface area (Å²) in [5.41, 5.74) is 1.82. The Morgan fingerprint density at radius 1 is 1.00 bits per heavy atom. The number of nitro groups is 2. The highest BCUT2D eigenvalue weighted by Crippen LogP contribution is 2.14. The number of carbonyl (C=O) groups excluding carboxylic acids is 1. The van der Waals surface area contributed by atoms with Crippen LogP contribution in [-0.2, 0) is 0 Å². The van der Waals surface area contributed by atoms with Gasteiger partial charge in [0, 0.05) is 35.4 Å². The van der Waals surface area contributed by atoms with Crippen molar-refractivity contribution in [3.63, 3.8) is 0 Å². The van der Waals surface area contributed by atoms with Gasteiger partial charge in [-0.1, -0.05) is 23.4 Å². The van der Waals surface area contributed by atoms with E-state index in [1.807, 2.05) is 0 Å². The maximum atomic E-state index is 12.1. The third kappa shape index (κ3) is 4.44. The average molecular weight is 357 g/mol. The van der Waals surface area contributed by atoms with Crippen LogP contribution in [-0.4, -0.2) is 32.9 Å². The quantitative estimate of drug-likeness (QED) is 0.348. The highest BCUT2D eigenvalue weighted by molar-refractivity contribution is 6.38. The van der Waals surface area contributed by atoms with Gasteiger partial charge in [-0.05, 0) is 6.07 Å². The van der Waals surface area contributed by atoms with E-state index in [0.717, 1.165) is 12.3 Å². The number of hydrazone groups is 1. The predicted octanol–water partition coefficient (Wildman–Crippen LogP) is 2.10. The molecule has 0 spiro atoms. The second-order valence-electron chi connectivity index (χ2n) is 4.80. The van der Waals surface area contributed by atoms with E-state index in [4.69, 9.17) is 5.21 Å². The second kappa shape index (κ2) is 8.10. The number of nitrogens with one attached hydrogen (secondary N) is 1. The van der Waals surface area contributed by atoms with Crippen molar-refractivity contribution in [3.8, 4) is 0 Å². The van der Waals surface area contributed by atoms with Gasteiger partial charge < -0.3 is 5.21 Å². The maximum absolute atomic E-state index is 12.1. The zero-order valence-corrected chi connectivity index (χ0v) is 13.0. The first-order chi connectivity index (χ1) is 12.4. The molecule has 0 radical (unpaired) electrons. The van der Waals surface area contributed by atoms with Crippen LogP contribution in [0.1, 0.15) is 15.9 Å². The number of benzene rings is 2. The minimum atomic E-state index is -0.747. The Morgan fingerprint density at radius 3 is 2.08 bits per heavy atom. The minimum Gasteiger partial charge on any atom is -0.411 e. The Kier molecular flexibility index (Phi) is 5.67. The third-order valence-electron chi connectivity index (χ3n) is 3.13. The van der Waals surface area contributed by atoms with E-state index in [1.165, 1.54) is 42.5 Å². The van der Waals surface area contributed by atoms with Crippen LogP contribution in [0.3, 0.4) is 0 Å². The first-order valence-corrected chi connectivity index (χ1v) is 6.97. The van der Waals surface area contributed by atoms with Crippen LogP contribution in [0.2, 0.25) is 0 Å². The van der Waals surface area contributed by atoms with Gasteiger partial charge in [-0.3, -0.25) is 25.0 Å². The summed E-state index contributed by atoms with van der Waals surface area (Å²) in [6.45, 7) is 0. The Balaban J connectivity index is 2.28. The highest BCUT2D eigenvalue weighted by atomic mass is 16.6. The van der Waals surface area contributed by atoms with Gasteiger partial charge in [-0.25, -0.2) is 5.43 Å². The van der Waals surface area contributed by atoms with Crippen molar-refractivity contribution < 1.29 is 19.8 Å². The molecule has 11 heteroatoms. The van der Waals surface area contributed by atoms with Crippen LogP contribution in [0.5, 0.6) is 0 Å².